The van der Waals surface area contributed by atoms with Crippen molar-refractivity contribution in [2.24, 2.45) is 0 Å². The summed E-state index contributed by atoms with van der Waals surface area (Å²) in [4.78, 5) is 21.3. The van der Waals surface area contributed by atoms with Crippen LogP contribution in [0.2, 0.25) is 0 Å². The molecule has 33 heavy (non-hydrogen) atoms. The van der Waals surface area contributed by atoms with Gasteiger partial charge in [-0.05, 0) is 37.8 Å². The molecule has 3 aromatic rings. The molecule has 1 saturated carbocycles. The first kappa shape index (κ1) is 20.7. The third-order valence-corrected chi connectivity index (χ3v) is 8.14. The average Bonchev–Trinajstić information content (AvgIpc) is 3.27. The summed E-state index contributed by atoms with van der Waals surface area (Å²) in [5.41, 5.74) is 1.22. The minimum absolute atomic E-state index is 0.0454. The van der Waals surface area contributed by atoms with Gasteiger partial charge < -0.3 is 19.8 Å². The third-order valence-electron chi connectivity index (χ3n) is 6.68. The molecule has 1 saturated heterocycles. The molecule has 2 N–H and O–H groups in total. The maximum absolute atomic E-state index is 12.6. The van der Waals surface area contributed by atoms with E-state index in [4.69, 9.17) is 14.5 Å². The number of piperidine rings is 1. The van der Waals surface area contributed by atoms with Gasteiger partial charge in [-0.3, -0.25) is 9.19 Å². The zero-order valence-corrected chi connectivity index (χ0v) is 18.9. The van der Waals surface area contributed by atoms with Crippen LogP contribution < -0.4 is 10.2 Å². The largest absolute Gasteiger partial charge is 0.394 e. The Morgan fingerprint density at radius 2 is 2.06 bits per heavy atom. The third kappa shape index (κ3) is 3.89. The Kier molecular flexibility index (Phi) is 5.10. The van der Waals surface area contributed by atoms with E-state index in [1.165, 1.54) is 0 Å². The van der Waals surface area contributed by atoms with E-state index >= 15 is 0 Å². The van der Waals surface area contributed by atoms with Crippen LogP contribution in [-0.4, -0.2) is 65.4 Å². The fraction of sp³-hybridized carbons (Fsp3) is 0.500. The summed E-state index contributed by atoms with van der Waals surface area (Å²) in [7, 11) is -1.10. The van der Waals surface area contributed by atoms with E-state index < -0.39 is 10.8 Å². The molecule has 1 atom stereocenters. The molecule has 2 fully saturated rings. The van der Waals surface area contributed by atoms with E-state index in [0.717, 1.165) is 44.5 Å². The second kappa shape index (κ2) is 8.14. The molecule has 0 radical (unpaired) electrons. The number of aromatic nitrogens is 5. The molecule has 2 aliphatic heterocycles. The molecule has 0 amide bonds. The van der Waals surface area contributed by atoms with Crippen molar-refractivity contribution in [3.8, 4) is 11.5 Å². The summed E-state index contributed by atoms with van der Waals surface area (Å²) < 4.78 is 18.1. The lowest BCUT2D eigenvalue weighted by atomic mass is 9.97. The van der Waals surface area contributed by atoms with Gasteiger partial charge >= 0.3 is 0 Å². The van der Waals surface area contributed by atoms with E-state index in [2.05, 4.69) is 25.3 Å². The molecule has 1 aliphatic carbocycles. The molecule has 0 bridgehead atoms. The SMILES string of the molecule is O=S1CCc2nc(N3CCC(c4nc(-c5ccccn5)no4)CC3)nc(NC3(CO)CC3)c21. The molecule has 10 nitrogen and oxygen atoms in total. The van der Waals surface area contributed by atoms with Crippen LogP contribution in [0.5, 0.6) is 0 Å². The Labute approximate surface area is 193 Å². The van der Waals surface area contributed by atoms with E-state index in [1.807, 2.05) is 18.2 Å². The van der Waals surface area contributed by atoms with Crippen molar-refractivity contribution >= 4 is 22.6 Å². The van der Waals surface area contributed by atoms with Gasteiger partial charge in [-0.25, -0.2) is 4.98 Å². The number of hydrogen-bond donors (Lipinski definition) is 2. The number of fused-ring (bicyclic) bond motifs is 1. The van der Waals surface area contributed by atoms with Crippen molar-refractivity contribution in [2.75, 3.05) is 35.7 Å². The molecular formula is C22H25N7O3S. The van der Waals surface area contributed by atoms with Crippen LogP contribution in [0, 0.1) is 0 Å². The molecule has 3 aliphatic rings. The van der Waals surface area contributed by atoms with Crippen LogP contribution in [0.3, 0.4) is 0 Å². The zero-order valence-electron chi connectivity index (χ0n) is 18.1. The number of hydrogen-bond acceptors (Lipinski definition) is 10. The highest BCUT2D eigenvalue weighted by atomic mass is 32.2. The first-order valence-electron chi connectivity index (χ1n) is 11.3. The van der Waals surface area contributed by atoms with Crippen LogP contribution in [0.15, 0.2) is 33.8 Å². The van der Waals surface area contributed by atoms with Gasteiger partial charge in [0.05, 0.1) is 28.6 Å². The lowest BCUT2D eigenvalue weighted by molar-refractivity contribution is 0.265. The fourth-order valence-electron chi connectivity index (χ4n) is 4.46. The Morgan fingerprint density at radius 3 is 2.79 bits per heavy atom. The van der Waals surface area contributed by atoms with Gasteiger partial charge in [0.2, 0.25) is 17.7 Å². The molecule has 0 aromatic carbocycles. The van der Waals surface area contributed by atoms with Gasteiger partial charge in [0.25, 0.3) is 0 Å². The molecule has 0 spiro atoms. The van der Waals surface area contributed by atoms with Crippen molar-refractivity contribution < 1.29 is 13.8 Å². The van der Waals surface area contributed by atoms with E-state index in [9.17, 15) is 9.32 Å². The smallest absolute Gasteiger partial charge is 0.230 e. The molecule has 5 heterocycles. The van der Waals surface area contributed by atoms with Gasteiger partial charge in [-0.1, -0.05) is 11.2 Å². The highest BCUT2D eigenvalue weighted by Gasteiger charge is 2.44. The molecule has 172 valence electrons. The number of aliphatic hydroxyl groups is 1. The predicted octanol–water partition coefficient (Wildman–Crippen LogP) is 1.91. The van der Waals surface area contributed by atoms with Gasteiger partial charge in [-0.2, -0.15) is 9.97 Å². The van der Waals surface area contributed by atoms with Crippen LogP contribution in [0.25, 0.3) is 11.5 Å². The average molecular weight is 468 g/mol. The van der Waals surface area contributed by atoms with E-state index in [0.29, 0.717) is 46.2 Å². The lowest BCUT2D eigenvalue weighted by Gasteiger charge is -2.31. The number of anilines is 2. The Bertz CT molecular complexity index is 1190. The Balaban J connectivity index is 1.19. The quantitative estimate of drug-likeness (QED) is 0.554. The summed E-state index contributed by atoms with van der Waals surface area (Å²) in [5, 5.41) is 17.2. The van der Waals surface area contributed by atoms with E-state index in [1.54, 1.807) is 6.20 Å². The molecule has 1 unspecified atom stereocenters. The number of aliphatic hydroxyl groups excluding tert-OH is 1. The summed E-state index contributed by atoms with van der Waals surface area (Å²) in [5.74, 6) is 3.18. The maximum Gasteiger partial charge on any atom is 0.230 e. The van der Waals surface area contributed by atoms with Crippen LogP contribution in [0.1, 0.15) is 43.2 Å². The minimum Gasteiger partial charge on any atom is -0.394 e. The van der Waals surface area contributed by atoms with Crippen molar-refractivity contribution in [1.29, 1.82) is 0 Å². The first-order valence-corrected chi connectivity index (χ1v) is 12.6. The number of aryl methyl sites for hydroxylation is 1. The van der Waals surface area contributed by atoms with Crippen molar-refractivity contribution in [2.45, 2.75) is 48.5 Å². The minimum atomic E-state index is -1.10. The van der Waals surface area contributed by atoms with Gasteiger partial charge in [0.15, 0.2) is 0 Å². The van der Waals surface area contributed by atoms with E-state index in [-0.39, 0.29) is 18.1 Å². The summed E-state index contributed by atoms with van der Waals surface area (Å²) >= 11 is 0. The topological polar surface area (TPSA) is 130 Å². The van der Waals surface area contributed by atoms with Gasteiger partial charge in [0.1, 0.15) is 16.4 Å². The Hall–Kier alpha value is -2.92. The lowest BCUT2D eigenvalue weighted by Crippen LogP contribution is -2.35. The van der Waals surface area contributed by atoms with Crippen molar-refractivity contribution in [1.82, 2.24) is 25.1 Å². The van der Waals surface area contributed by atoms with Crippen LogP contribution in [-0.2, 0) is 17.2 Å². The standard InChI is InChI=1S/C22H25N7O3S/c30-13-22(7-8-22)27-19-17-15(6-12-33(17)31)24-21(26-19)29-10-4-14(5-11-29)20-25-18(28-32-20)16-3-1-2-9-23-16/h1-3,9,14,30H,4-8,10-13H2,(H,24,26,27). The molecule has 3 aromatic heterocycles. The zero-order chi connectivity index (χ0) is 22.4. The van der Waals surface area contributed by atoms with Gasteiger partial charge in [0, 0.05) is 37.4 Å². The number of nitrogens with one attached hydrogen (secondary N) is 1. The van der Waals surface area contributed by atoms with Crippen molar-refractivity contribution in [3.63, 3.8) is 0 Å². The van der Waals surface area contributed by atoms with Gasteiger partial charge in [-0.15, -0.1) is 0 Å². The van der Waals surface area contributed by atoms with Crippen LogP contribution >= 0.6 is 0 Å². The molecular weight excluding hydrogens is 442 g/mol. The monoisotopic (exact) mass is 467 g/mol. The Morgan fingerprint density at radius 1 is 1.21 bits per heavy atom. The maximum atomic E-state index is 12.6. The van der Waals surface area contributed by atoms with Crippen LogP contribution in [0.4, 0.5) is 11.8 Å². The summed E-state index contributed by atoms with van der Waals surface area (Å²) in [6.45, 7) is 1.57. The summed E-state index contributed by atoms with van der Waals surface area (Å²) in [6, 6.07) is 5.62. The normalized spacial score (nSPS) is 21.7. The number of nitrogens with zero attached hydrogens (tertiary/aromatic N) is 6. The highest BCUT2D eigenvalue weighted by Crippen LogP contribution is 2.41. The second-order valence-electron chi connectivity index (χ2n) is 8.94. The number of pyridine rings is 1. The second-order valence-corrected chi connectivity index (χ2v) is 10.5. The predicted molar refractivity (Wildman–Crippen MR) is 121 cm³/mol. The molecule has 11 heteroatoms. The first-order chi connectivity index (χ1) is 16.1. The molecule has 6 rings (SSSR count). The van der Waals surface area contributed by atoms with Crippen molar-refractivity contribution in [3.05, 3.63) is 36.0 Å². The summed E-state index contributed by atoms with van der Waals surface area (Å²) in [6.07, 6.45) is 5.87. The number of rotatable bonds is 6. The fourth-order valence-corrected chi connectivity index (χ4v) is 5.77. The highest BCUT2D eigenvalue weighted by molar-refractivity contribution is 7.85.